The van der Waals surface area contributed by atoms with Crippen molar-refractivity contribution in [3.63, 3.8) is 0 Å². The fourth-order valence-corrected chi connectivity index (χ4v) is 0.854. The SMILES string of the molecule is C[N+](C)(C)C(Br)C=CCBr. The van der Waals surface area contributed by atoms with E-state index in [1.54, 1.807) is 0 Å². The van der Waals surface area contributed by atoms with Crippen LogP contribution in [0.25, 0.3) is 0 Å². The molecule has 0 radical (unpaired) electrons. The van der Waals surface area contributed by atoms with Crippen molar-refractivity contribution in [1.29, 1.82) is 0 Å². The average Bonchev–Trinajstić information content (AvgIpc) is 1.80. The Bertz CT molecular complexity index is 115. The molecular formula is C7H14Br2N+. The van der Waals surface area contributed by atoms with E-state index in [1.165, 1.54) is 0 Å². The predicted molar refractivity (Wildman–Crippen MR) is 53.7 cm³/mol. The molecular weight excluding hydrogens is 258 g/mol. The molecule has 0 spiro atoms. The number of hydrogen-bond acceptors (Lipinski definition) is 0. The first-order valence-electron chi connectivity index (χ1n) is 3.16. The number of hydrogen-bond donors (Lipinski definition) is 0. The van der Waals surface area contributed by atoms with Gasteiger partial charge in [0.2, 0.25) is 0 Å². The van der Waals surface area contributed by atoms with Crippen molar-refractivity contribution in [2.24, 2.45) is 0 Å². The molecule has 0 aliphatic heterocycles. The molecule has 0 saturated carbocycles. The Labute approximate surface area is 79.9 Å². The highest BCUT2D eigenvalue weighted by molar-refractivity contribution is 9.09. The quantitative estimate of drug-likeness (QED) is 0.320. The third-order valence-corrected chi connectivity index (χ3v) is 3.03. The normalized spacial score (nSPS) is 16.1. The Morgan fingerprint density at radius 2 is 1.90 bits per heavy atom. The second-order valence-electron chi connectivity index (χ2n) is 3.07. The Kier molecular flexibility index (Phi) is 4.82. The van der Waals surface area contributed by atoms with Crippen LogP contribution in [0.2, 0.25) is 0 Å². The Hall–Kier alpha value is 0.660. The summed E-state index contributed by atoms with van der Waals surface area (Å²) in [5.41, 5.74) is 0. The summed E-state index contributed by atoms with van der Waals surface area (Å²) in [5.74, 6) is 0. The molecule has 0 aliphatic carbocycles. The summed E-state index contributed by atoms with van der Waals surface area (Å²) in [6.07, 6.45) is 4.25. The molecule has 0 aromatic rings. The van der Waals surface area contributed by atoms with E-state index in [4.69, 9.17) is 0 Å². The van der Waals surface area contributed by atoms with Crippen LogP contribution in [0.5, 0.6) is 0 Å². The van der Waals surface area contributed by atoms with Crippen molar-refractivity contribution in [3.8, 4) is 0 Å². The van der Waals surface area contributed by atoms with Gasteiger partial charge in [0.25, 0.3) is 0 Å². The number of halogens is 2. The average molecular weight is 272 g/mol. The molecule has 1 unspecified atom stereocenters. The molecule has 1 nitrogen and oxygen atoms in total. The lowest BCUT2D eigenvalue weighted by atomic mass is 10.4. The summed E-state index contributed by atoms with van der Waals surface area (Å²) in [7, 11) is 6.45. The minimum Gasteiger partial charge on any atom is -0.316 e. The lowest BCUT2D eigenvalue weighted by Gasteiger charge is -2.27. The van der Waals surface area contributed by atoms with Crippen LogP contribution < -0.4 is 0 Å². The van der Waals surface area contributed by atoms with E-state index in [2.05, 4.69) is 65.2 Å². The molecule has 0 saturated heterocycles. The summed E-state index contributed by atoms with van der Waals surface area (Å²) in [5, 5.41) is 0.926. The van der Waals surface area contributed by atoms with Gasteiger partial charge in [0.1, 0.15) is 0 Å². The van der Waals surface area contributed by atoms with Crippen LogP contribution in [0.3, 0.4) is 0 Å². The van der Waals surface area contributed by atoms with Crippen molar-refractivity contribution in [1.82, 2.24) is 0 Å². The molecule has 10 heavy (non-hydrogen) atoms. The van der Waals surface area contributed by atoms with Crippen molar-refractivity contribution >= 4 is 31.9 Å². The summed E-state index contributed by atoms with van der Waals surface area (Å²) in [6.45, 7) is 0. The number of rotatable bonds is 3. The minimum atomic E-state index is 0.407. The molecule has 0 bridgehead atoms. The topological polar surface area (TPSA) is 0 Å². The van der Waals surface area contributed by atoms with Crippen LogP contribution in [0, 0.1) is 0 Å². The second kappa shape index (κ2) is 4.52. The Morgan fingerprint density at radius 3 is 2.20 bits per heavy atom. The maximum atomic E-state index is 3.56. The molecule has 60 valence electrons. The van der Waals surface area contributed by atoms with Crippen molar-refractivity contribution in [2.45, 2.75) is 4.95 Å². The number of nitrogens with zero attached hydrogens (tertiary/aromatic N) is 1. The van der Waals surface area contributed by atoms with E-state index in [0.29, 0.717) is 4.95 Å². The van der Waals surface area contributed by atoms with Crippen LogP contribution in [0.4, 0.5) is 0 Å². The molecule has 0 aromatic carbocycles. The monoisotopic (exact) mass is 270 g/mol. The van der Waals surface area contributed by atoms with Crippen molar-refractivity contribution in [3.05, 3.63) is 12.2 Å². The van der Waals surface area contributed by atoms with Gasteiger partial charge in [0.15, 0.2) is 4.95 Å². The molecule has 0 aromatic heterocycles. The zero-order valence-electron chi connectivity index (χ0n) is 6.64. The van der Waals surface area contributed by atoms with Gasteiger partial charge in [-0.05, 0) is 22.0 Å². The van der Waals surface area contributed by atoms with Crippen molar-refractivity contribution < 1.29 is 4.48 Å². The van der Waals surface area contributed by atoms with E-state index in [9.17, 15) is 0 Å². The molecule has 0 heterocycles. The summed E-state index contributed by atoms with van der Waals surface area (Å²) < 4.78 is 0.906. The molecule has 0 fully saturated rings. The first kappa shape index (κ1) is 10.7. The van der Waals surface area contributed by atoms with Gasteiger partial charge in [0.05, 0.1) is 21.1 Å². The molecule has 3 heteroatoms. The maximum Gasteiger partial charge on any atom is 0.162 e. The van der Waals surface area contributed by atoms with E-state index < -0.39 is 0 Å². The highest BCUT2D eigenvalue weighted by atomic mass is 79.9. The van der Waals surface area contributed by atoms with Crippen LogP contribution in [0.1, 0.15) is 0 Å². The van der Waals surface area contributed by atoms with Gasteiger partial charge >= 0.3 is 0 Å². The molecule has 0 amide bonds. The lowest BCUT2D eigenvalue weighted by molar-refractivity contribution is -0.872. The van der Waals surface area contributed by atoms with Crippen LogP contribution in [-0.2, 0) is 0 Å². The lowest BCUT2D eigenvalue weighted by Crippen LogP contribution is -2.40. The van der Waals surface area contributed by atoms with E-state index in [1.807, 2.05) is 0 Å². The van der Waals surface area contributed by atoms with Gasteiger partial charge in [-0.1, -0.05) is 22.0 Å². The van der Waals surface area contributed by atoms with E-state index >= 15 is 0 Å². The highest BCUT2D eigenvalue weighted by Gasteiger charge is 2.15. The molecule has 0 aliphatic rings. The first-order chi connectivity index (χ1) is 4.48. The summed E-state index contributed by atoms with van der Waals surface area (Å²) in [4.78, 5) is 0.407. The second-order valence-corrected chi connectivity index (χ2v) is 4.66. The third-order valence-electron chi connectivity index (χ3n) is 1.12. The van der Waals surface area contributed by atoms with E-state index in [0.717, 1.165) is 9.81 Å². The number of alkyl halides is 2. The molecule has 0 N–H and O–H groups in total. The number of quaternary nitrogens is 1. The summed E-state index contributed by atoms with van der Waals surface area (Å²) in [6, 6.07) is 0. The van der Waals surface area contributed by atoms with Crippen molar-refractivity contribution in [2.75, 3.05) is 26.5 Å². The van der Waals surface area contributed by atoms with Gasteiger partial charge in [0, 0.05) is 5.33 Å². The van der Waals surface area contributed by atoms with Gasteiger partial charge in [-0.2, -0.15) is 0 Å². The van der Waals surface area contributed by atoms with Crippen LogP contribution >= 0.6 is 31.9 Å². The highest BCUT2D eigenvalue weighted by Crippen LogP contribution is 2.11. The zero-order chi connectivity index (χ0) is 8.20. The number of likely N-dealkylation sites (N-methyl/N-ethyl adjacent to an activating group) is 1. The predicted octanol–water partition coefficient (Wildman–Crippen LogP) is 2.36. The molecule has 1 atom stereocenters. The smallest absolute Gasteiger partial charge is 0.162 e. The van der Waals surface area contributed by atoms with Gasteiger partial charge in [-0.25, -0.2) is 0 Å². The van der Waals surface area contributed by atoms with Crippen LogP contribution in [0.15, 0.2) is 12.2 Å². The van der Waals surface area contributed by atoms with Gasteiger partial charge < -0.3 is 4.48 Å². The fraction of sp³-hybridized carbons (Fsp3) is 0.714. The number of allylic oxidation sites excluding steroid dienone is 1. The third kappa shape index (κ3) is 4.47. The maximum absolute atomic E-state index is 3.56. The largest absolute Gasteiger partial charge is 0.316 e. The first-order valence-corrected chi connectivity index (χ1v) is 5.20. The fourth-order valence-electron chi connectivity index (χ4n) is 0.422. The van der Waals surface area contributed by atoms with E-state index in [-0.39, 0.29) is 0 Å². The standard InChI is InChI=1S/C7H14Br2N/c1-10(2,3)7(9)5-4-6-8/h4-5,7H,6H2,1-3H3/q+1. The Balaban J connectivity index is 3.84. The molecule has 0 rings (SSSR count). The van der Waals surface area contributed by atoms with Gasteiger partial charge in [-0.3, -0.25) is 0 Å². The zero-order valence-corrected chi connectivity index (χ0v) is 9.81. The van der Waals surface area contributed by atoms with Gasteiger partial charge in [-0.15, -0.1) is 0 Å². The minimum absolute atomic E-state index is 0.407. The van der Waals surface area contributed by atoms with Crippen LogP contribution in [-0.4, -0.2) is 35.9 Å². The Morgan fingerprint density at radius 1 is 1.40 bits per heavy atom. The summed E-state index contributed by atoms with van der Waals surface area (Å²) >= 11 is 6.89.